The Balaban J connectivity index is 2.84. The molecule has 0 aromatic carbocycles. The molecule has 0 aromatic heterocycles. The molecular formula is C8H15N3S2. The van der Waals surface area contributed by atoms with Gasteiger partial charge in [0, 0.05) is 21.7 Å². The van der Waals surface area contributed by atoms with Gasteiger partial charge in [-0.25, -0.2) is 0 Å². The Labute approximate surface area is 87.7 Å². The lowest BCUT2D eigenvalue weighted by molar-refractivity contribution is 0.544. The monoisotopic (exact) mass is 217 g/mol. The molecule has 1 aliphatic heterocycles. The molecule has 1 heterocycles. The van der Waals surface area contributed by atoms with Crippen molar-refractivity contribution in [2.45, 2.75) is 36.8 Å². The first-order valence-electron chi connectivity index (χ1n) is 4.61. The molecular weight excluding hydrogens is 202 g/mol. The number of thioether (sulfide) groups is 2. The van der Waals surface area contributed by atoms with Crippen LogP contribution in [0.4, 0.5) is 0 Å². The Hall–Kier alpha value is 0.01000. The highest BCUT2D eigenvalue weighted by molar-refractivity contribution is 8.07. The van der Waals surface area contributed by atoms with Gasteiger partial charge in [0.2, 0.25) is 0 Å². The van der Waals surface area contributed by atoms with Gasteiger partial charge in [0.1, 0.15) is 4.87 Å². The molecule has 0 bridgehead atoms. The summed E-state index contributed by atoms with van der Waals surface area (Å²) in [5.41, 5.74) is 8.56. The average molecular weight is 217 g/mol. The fourth-order valence-corrected chi connectivity index (χ4v) is 4.76. The standard InChI is InChI=1S/C8H15N3S2/c1-3-7-8(4-2,10-11-9)13-6-5-12-7/h7H,3-6H2,1-2H3/t7-,8-/m0/s1. The summed E-state index contributed by atoms with van der Waals surface area (Å²) in [7, 11) is 0. The van der Waals surface area contributed by atoms with Crippen LogP contribution in [0.15, 0.2) is 5.11 Å². The smallest absolute Gasteiger partial charge is 0.106 e. The largest absolute Gasteiger partial charge is 0.156 e. The van der Waals surface area contributed by atoms with Gasteiger partial charge in [-0.1, -0.05) is 19.0 Å². The molecule has 0 N–H and O–H groups in total. The van der Waals surface area contributed by atoms with Gasteiger partial charge in [0.25, 0.3) is 0 Å². The molecule has 5 heteroatoms. The van der Waals surface area contributed by atoms with Gasteiger partial charge in [-0.3, -0.25) is 0 Å². The van der Waals surface area contributed by atoms with E-state index in [0.29, 0.717) is 5.25 Å². The molecule has 0 aliphatic carbocycles. The Morgan fingerprint density at radius 2 is 2.31 bits per heavy atom. The van der Waals surface area contributed by atoms with E-state index in [1.165, 1.54) is 5.75 Å². The molecule has 13 heavy (non-hydrogen) atoms. The SMILES string of the molecule is CC[C@@H]1SCCS[C@]1(CC)N=[N+]=[N-]. The van der Waals surface area contributed by atoms with Gasteiger partial charge in [0.15, 0.2) is 0 Å². The van der Waals surface area contributed by atoms with Gasteiger partial charge in [0.05, 0.1) is 0 Å². The van der Waals surface area contributed by atoms with E-state index in [-0.39, 0.29) is 4.87 Å². The van der Waals surface area contributed by atoms with Crippen LogP contribution in [0.5, 0.6) is 0 Å². The van der Waals surface area contributed by atoms with E-state index in [9.17, 15) is 0 Å². The summed E-state index contributed by atoms with van der Waals surface area (Å²) in [6, 6.07) is 0. The molecule has 0 radical (unpaired) electrons. The summed E-state index contributed by atoms with van der Waals surface area (Å²) < 4.78 is 0. The first-order chi connectivity index (χ1) is 6.29. The quantitative estimate of drug-likeness (QED) is 0.411. The Morgan fingerprint density at radius 3 is 2.85 bits per heavy atom. The van der Waals surface area contributed by atoms with Crippen molar-refractivity contribution in [2.24, 2.45) is 5.11 Å². The molecule has 1 aliphatic rings. The van der Waals surface area contributed by atoms with Crippen LogP contribution in [-0.2, 0) is 0 Å². The number of azide groups is 1. The van der Waals surface area contributed by atoms with Crippen LogP contribution >= 0.6 is 23.5 Å². The summed E-state index contributed by atoms with van der Waals surface area (Å²) in [5, 5.41) is 4.50. The van der Waals surface area contributed by atoms with Crippen LogP contribution in [0.25, 0.3) is 10.4 Å². The number of hydrogen-bond donors (Lipinski definition) is 0. The number of nitrogens with zero attached hydrogens (tertiary/aromatic N) is 3. The summed E-state index contributed by atoms with van der Waals surface area (Å²) in [6.07, 6.45) is 2.03. The lowest BCUT2D eigenvalue weighted by Gasteiger charge is -2.38. The third kappa shape index (κ3) is 2.27. The minimum atomic E-state index is -0.174. The Morgan fingerprint density at radius 1 is 1.54 bits per heavy atom. The van der Waals surface area contributed by atoms with E-state index in [1.807, 2.05) is 23.5 Å². The van der Waals surface area contributed by atoms with Crippen LogP contribution in [0.3, 0.4) is 0 Å². The topological polar surface area (TPSA) is 48.8 Å². The highest BCUT2D eigenvalue weighted by Gasteiger charge is 2.38. The predicted octanol–water partition coefficient (Wildman–Crippen LogP) is 3.66. The zero-order chi connectivity index (χ0) is 9.73. The second-order valence-corrected chi connectivity index (χ2v) is 5.72. The Kier molecular flexibility index (Phi) is 4.29. The zero-order valence-electron chi connectivity index (χ0n) is 8.06. The van der Waals surface area contributed by atoms with Crippen molar-refractivity contribution in [1.29, 1.82) is 0 Å². The molecule has 3 nitrogen and oxygen atoms in total. The normalized spacial score (nSPS) is 33.8. The van der Waals surface area contributed by atoms with Crippen LogP contribution in [0.1, 0.15) is 26.7 Å². The molecule has 1 saturated heterocycles. The second-order valence-electron chi connectivity index (χ2n) is 3.00. The maximum atomic E-state index is 8.56. The molecule has 0 spiro atoms. The van der Waals surface area contributed by atoms with E-state index in [1.54, 1.807) is 0 Å². The molecule has 74 valence electrons. The minimum absolute atomic E-state index is 0.174. The molecule has 0 aromatic rings. The first kappa shape index (κ1) is 11.1. The summed E-state index contributed by atoms with van der Waals surface area (Å²) in [5.74, 6) is 2.29. The fraction of sp³-hybridized carbons (Fsp3) is 1.00. The van der Waals surface area contributed by atoms with Crippen LogP contribution < -0.4 is 0 Å². The van der Waals surface area contributed by atoms with Crippen molar-refractivity contribution in [1.82, 2.24) is 0 Å². The van der Waals surface area contributed by atoms with Crippen molar-refractivity contribution < 1.29 is 0 Å². The second kappa shape index (κ2) is 5.03. The summed E-state index contributed by atoms with van der Waals surface area (Å²) >= 11 is 3.78. The molecule has 0 unspecified atom stereocenters. The van der Waals surface area contributed by atoms with Gasteiger partial charge in [-0.05, 0) is 18.4 Å². The van der Waals surface area contributed by atoms with Gasteiger partial charge < -0.3 is 0 Å². The van der Waals surface area contributed by atoms with Crippen LogP contribution in [0, 0.1) is 0 Å². The van der Waals surface area contributed by atoms with Crippen molar-refractivity contribution in [3.8, 4) is 0 Å². The van der Waals surface area contributed by atoms with Crippen molar-refractivity contribution in [3.63, 3.8) is 0 Å². The number of hydrogen-bond acceptors (Lipinski definition) is 3. The van der Waals surface area contributed by atoms with Gasteiger partial charge in [-0.2, -0.15) is 11.8 Å². The van der Waals surface area contributed by atoms with Gasteiger partial charge >= 0.3 is 0 Å². The molecule has 0 saturated carbocycles. The molecule has 0 amide bonds. The van der Waals surface area contributed by atoms with E-state index in [0.717, 1.165) is 18.6 Å². The fourth-order valence-electron chi connectivity index (χ4n) is 1.64. The first-order valence-corrected chi connectivity index (χ1v) is 6.64. The Bertz CT molecular complexity index is 215. The minimum Gasteiger partial charge on any atom is -0.156 e. The predicted molar refractivity (Wildman–Crippen MR) is 61.2 cm³/mol. The van der Waals surface area contributed by atoms with E-state index in [2.05, 4.69) is 23.9 Å². The zero-order valence-corrected chi connectivity index (χ0v) is 9.70. The summed E-state index contributed by atoms with van der Waals surface area (Å²) in [6.45, 7) is 4.27. The molecule has 1 fully saturated rings. The third-order valence-corrected chi connectivity index (χ3v) is 5.88. The average Bonchev–Trinajstić information content (AvgIpc) is 2.19. The van der Waals surface area contributed by atoms with Gasteiger partial charge in [-0.15, -0.1) is 11.8 Å². The van der Waals surface area contributed by atoms with Crippen LogP contribution in [-0.4, -0.2) is 21.6 Å². The van der Waals surface area contributed by atoms with Crippen molar-refractivity contribution in [2.75, 3.05) is 11.5 Å². The van der Waals surface area contributed by atoms with E-state index < -0.39 is 0 Å². The maximum Gasteiger partial charge on any atom is 0.106 e. The lowest BCUT2D eigenvalue weighted by Crippen LogP contribution is -2.37. The summed E-state index contributed by atoms with van der Waals surface area (Å²) in [4.78, 5) is 2.82. The van der Waals surface area contributed by atoms with Crippen LogP contribution in [0.2, 0.25) is 0 Å². The number of rotatable bonds is 3. The highest BCUT2D eigenvalue weighted by atomic mass is 32.2. The lowest BCUT2D eigenvalue weighted by atomic mass is 10.1. The van der Waals surface area contributed by atoms with Crippen molar-refractivity contribution >= 4 is 23.5 Å². The van der Waals surface area contributed by atoms with E-state index >= 15 is 0 Å². The molecule has 2 atom stereocenters. The molecule has 1 rings (SSSR count). The highest BCUT2D eigenvalue weighted by Crippen LogP contribution is 2.45. The van der Waals surface area contributed by atoms with Crippen molar-refractivity contribution in [3.05, 3.63) is 10.4 Å². The maximum absolute atomic E-state index is 8.56. The van der Waals surface area contributed by atoms with E-state index in [4.69, 9.17) is 5.53 Å². The third-order valence-electron chi connectivity index (χ3n) is 2.35.